The van der Waals surface area contributed by atoms with E-state index in [0.29, 0.717) is 22.4 Å². The van der Waals surface area contributed by atoms with Gasteiger partial charge in [-0.25, -0.2) is 0 Å². The van der Waals surface area contributed by atoms with Crippen molar-refractivity contribution >= 4 is 46.0 Å². The first-order chi connectivity index (χ1) is 11.0. The summed E-state index contributed by atoms with van der Waals surface area (Å²) < 4.78 is 0. The normalized spacial score (nSPS) is 19.0. The van der Waals surface area contributed by atoms with Crippen LogP contribution in [0.25, 0.3) is 0 Å². The maximum atomic E-state index is 12.2. The van der Waals surface area contributed by atoms with Gasteiger partial charge in [0.2, 0.25) is 11.8 Å². The Morgan fingerprint density at radius 3 is 3.00 bits per heavy atom. The summed E-state index contributed by atoms with van der Waals surface area (Å²) in [6, 6.07) is 5.34. The van der Waals surface area contributed by atoms with E-state index in [0.717, 1.165) is 18.4 Å². The molecule has 0 saturated carbocycles. The molecule has 0 aromatic heterocycles. The Labute approximate surface area is 145 Å². The molecule has 124 valence electrons. The number of thioether (sulfide) groups is 1. The van der Waals surface area contributed by atoms with Crippen molar-refractivity contribution in [2.45, 2.75) is 38.4 Å². The smallest absolute Gasteiger partial charge is 0.240 e. The lowest BCUT2D eigenvalue weighted by atomic mass is 10.2. The monoisotopic (exact) mass is 353 g/mol. The molecule has 7 heteroatoms. The molecule has 2 rings (SSSR count). The van der Waals surface area contributed by atoms with Gasteiger partial charge in [-0.3, -0.25) is 14.6 Å². The van der Waals surface area contributed by atoms with E-state index in [2.05, 4.69) is 22.5 Å². The van der Waals surface area contributed by atoms with Gasteiger partial charge in [0.05, 0.1) is 0 Å². The maximum absolute atomic E-state index is 12.2. The van der Waals surface area contributed by atoms with Gasteiger partial charge in [-0.1, -0.05) is 42.8 Å². The van der Waals surface area contributed by atoms with Crippen molar-refractivity contribution in [3.63, 3.8) is 0 Å². The number of hydrogen-bond acceptors (Lipinski definition) is 4. The third-order valence-corrected chi connectivity index (χ3v) is 4.99. The molecule has 1 unspecified atom stereocenters. The number of rotatable bonds is 6. The highest BCUT2D eigenvalue weighted by Gasteiger charge is 2.32. The number of carbonyl (C=O) groups is 2. The first-order valence-electron chi connectivity index (χ1n) is 7.58. The second-order valence-electron chi connectivity index (χ2n) is 5.30. The summed E-state index contributed by atoms with van der Waals surface area (Å²) in [6.07, 6.45) is 2.15. The Balaban J connectivity index is 1.91. The molecule has 2 amide bonds. The predicted octanol–water partition coefficient (Wildman–Crippen LogP) is 3.36. The number of amides is 2. The largest absolute Gasteiger partial charge is 0.326 e. The zero-order valence-electron chi connectivity index (χ0n) is 13.2. The third-order valence-electron chi connectivity index (χ3n) is 3.46. The maximum Gasteiger partial charge on any atom is 0.240 e. The van der Waals surface area contributed by atoms with Crippen LogP contribution in [0.4, 0.5) is 5.69 Å². The molecule has 0 bridgehead atoms. The van der Waals surface area contributed by atoms with E-state index in [1.165, 1.54) is 11.8 Å². The van der Waals surface area contributed by atoms with Crippen LogP contribution >= 0.6 is 23.4 Å². The number of hydrogen-bond donors (Lipinski definition) is 2. The van der Waals surface area contributed by atoms with Crippen LogP contribution in [0.1, 0.15) is 31.7 Å². The second-order valence-corrected chi connectivity index (χ2v) is 6.90. The Hall–Kier alpha value is -1.53. The van der Waals surface area contributed by atoms with E-state index < -0.39 is 5.25 Å². The van der Waals surface area contributed by atoms with Gasteiger partial charge < -0.3 is 10.6 Å². The Kier molecular flexibility index (Phi) is 6.47. The third kappa shape index (κ3) is 4.97. The SMILES string of the molecule is CCCCN=C1NC(=O)C(CC(=O)Nc2cccc(Cl)c2C)S1. The number of carbonyl (C=O) groups excluding carboxylic acids is 2. The van der Waals surface area contributed by atoms with Crippen LogP contribution in [0.5, 0.6) is 0 Å². The fourth-order valence-corrected chi connectivity index (χ4v) is 3.24. The minimum atomic E-state index is -0.435. The molecule has 1 aliphatic heterocycles. The molecule has 1 aliphatic rings. The average molecular weight is 354 g/mol. The molecule has 2 N–H and O–H groups in total. The van der Waals surface area contributed by atoms with E-state index in [1.54, 1.807) is 18.2 Å². The molecule has 0 spiro atoms. The lowest BCUT2D eigenvalue weighted by Crippen LogP contribution is -2.28. The van der Waals surface area contributed by atoms with Crippen LogP contribution in [-0.2, 0) is 9.59 Å². The zero-order chi connectivity index (χ0) is 16.8. The number of anilines is 1. The predicted molar refractivity (Wildman–Crippen MR) is 96.2 cm³/mol. The molecule has 0 aliphatic carbocycles. The highest BCUT2D eigenvalue weighted by molar-refractivity contribution is 8.15. The van der Waals surface area contributed by atoms with Crippen LogP contribution in [0, 0.1) is 6.92 Å². The molecule has 23 heavy (non-hydrogen) atoms. The van der Waals surface area contributed by atoms with Crippen LogP contribution in [0.3, 0.4) is 0 Å². The molecule has 5 nitrogen and oxygen atoms in total. The minimum Gasteiger partial charge on any atom is -0.326 e. The Morgan fingerprint density at radius 1 is 1.48 bits per heavy atom. The fourth-order valence-electron chi connectivity index (χ4n) is 2.07. The van der Waals surface area contributed by atoms with Crippen LogP contribution in [0.2, 0.25) is 5.02 Å². The number of nitrogens with one attached hydrogen (secondary N) is 2. The molecular formula is C16H20ClN3O2S. The van der Waals surface area contributed by atoms with E-state index >= 15 is 0 Å². The Bertz CT molecular complexity index is 634. The van der Waals surface area contributed by atoms with Crippen molar-refractivity contribution in [2.75, 3.05) is 11.9 Å². The molecule has 1 atom stereocenters. The zero-order valence-corrected chi connectivity index (χ0v) is 14.8. The van der Waals surface area contributed by atoms with Gasteiger partial charge in [0, 0.05) is 23.7 Å². The van der Waals surface area contributed by atoms with E-state index in [-0.39, 0.29) is 18.2 Å². The average Bonchev–Trinajstić information content (AvgIpc) is 2.84. The van der Waals surface area contributed by atoms with Crippen molar-refractivity contribution in [1.29, 1.82) is 0 Å². The summed E-state index contributed by atoms with van der Waals surface area (Å²) in [5, 5.41) is 6.31. The molecule has 1 aromatic carbocycles. The van der Waals surface area contributed by atoms with Crippen molar-refractivity contribution in [3.8, 4) is 0 Å². The quantitative estimate of drug-likeness (QED) is 0.770. The number of unbranched alkanes of at least 4 members (excludes halogenated alkanes) is 1. The summed E-state index contributed by atoms with van der Waals surface area (Å²) >= 11 is 7.35. The topological polar surface area (TPSA) is 70.6 Å². The van der Waals surface area contributed by atoms with Gasteiger partial charge in [-0.15, -0.1) is 0 Å². The lowest BCUT2D eigenvalue weighted by molar-refractivity contribution is -0.122. The summed E-state index contributed by atoms with van der Waals surface area (Å²) in [5.74, 6) is -0.374. The minimum absolute atomic E-state index is 0.106. The van der Waals surface area contributed by atoms with E-state index in [9.17, 15) is 9.59 Å². The molecular weight excluding hydrogens is 334 g/mol. The van der Waals surface area contributed by atoms with Crippen LogP contribution in [-0.4, -0.2) is 28.8 Å². The number of halogens is 1. The van der Waals surface area contributed by atoms with Crippen molar-refractivity contribution in [3.05, 3.63) is 28.8 Å². The van der Waals surface area contributed by atoms with Crippen LogP contribution in [0.15, 0.2) is 23.2 Å². The first kappa shape index (κ1) is 17.8. The van der Waals surface area contributed by atoms with Crippen molar-refractivity contribution < 1.29 is 9.59 Å². The second kappa shape index (κ2) is 8.36. The van der Waals surface area contributed by atoms with E-state index in [4.69, 9.17) is 11.6 Å². The molecule has 1 fully saturated rings. The van der Waals surface area contributed by atoms with Gasteiger partial charge in [0.1, 0.15) is 5.25 Å². The van der Waals surface area contributed by atoms with Gasteiger partial charge in [-0.05, 0) is 31.0 Å². The van der Waals surface area contributed by atoms with Gasteiger partial charge in [0.15, 0.2) is 5.17 Å². The molecule has 1 saturated heterocycles. The summed E-state index contributed by atoms with van der Waals surface area (Å²) in [5.41, 5.74) is 1.48. The number of nitrogens with zero attached hydrogens (tertiary/aromatic N) is 1. The number of aliphatic imine (C=N–C) groups is 1. The number of benzene rings is 1. The van der Waals surface area contributed by atoms with E-state index in [1.807, 2.05) is 6.92 Å². The standard InChI is InChI=1S/C16H20ClN3O2S/c1-3-4-8-18-16-20-15(22)13(23-16)9-14(21)19-12-7-5-6-11(17)10(12)2/h5-7,13H,3-4,8-9H2,1-2H3,(H,19,21)(H,18,20,22). The fraction of sp³-hybridized carbons (Fsp3) is 0.438. The molecule has 1 aromatic rings. The summed E-state index contributed by atoms with van der Waals surface area (Å²) in [7, 11) is 0. The van der Waals surface area contributed by atoms with Crippen LogP contribution < -0.4 is 10.6 Å². The Morgan fingerprint density at radius 2 is 2.26 bits per heavy atom. The molecule has 0 radical (unpaired) electrons. The number of amidine groups is 1. The van der Waals surface area contributed by atoms with Crippen molar-refractivity contribution in [2.24, 2.45) is 4.99 Å². The van der Waals surface area contributed by atoms with Gasteiger partial charge in [-0.2, -0.15) is 0 Å². The van der Waals surface area contributed by atoms with Gasteiger partial charge in [0.25, 0.3) is 0 Å². The molecule has 1 heterocycles. The highest BCUT2D eigenvalue weighted by atomic mass is 35.5. The summed E-state index contributed by atoms with van der Waals surface area (Å²) in [6.45, 7) is 4.62. The van der Waals surface area contributed by atoms with Crippen molar-refractivity contribution in [1.82, 2.24) is 5.32 Å². The lowest BCUT2D eigenvalue weighted by Gasteiger charge is -2.10. The van der Waals surface area contributed by atoms with Gasteiger partial charge >= 0.3 is 0 Å². The summed E-state index contributed by atoms with van der Waals surface area (Å²) in [4.78, 5) is 28.4. The first-order valence-corrected chi connectivity index (χ1v) is 8.84. The highest BCUT2D eigenvalue weighted by Crippen LogP contribution is 2.25.